The van der Waals surface area contributed by atoms with E-state index in [4.69, 9.17) is 15.6 Å². The summed E-state index contributed by atoms with van der Waals surface area (Å²) in [4.78, 5) is 28.6. The van der Waals surface area contributed by atoms with Gasteiger partial charge in [-0.1, -0.05) is 0 Å². The summed E-state index contributed by atoms with van der Waals surface area (Å²) in [6.07, 6.45) is -0.442. The first-order valence-corrected chi connectivity index (χ1v) is 6.25. The molecule has 2 rings (SSSR count). The van der Waals surface area contributed by atoms with Crippen LogP contribution in [0, 0.1) is 0 Å². The minimum absolute atomic E-state index is 0.0242. The molecule has 0 radical (unpaired) electrons. The van der Waals surface area contributed by atoms with Gasteiger partial charge in [-0.25, -0.2) is 14.6 Å². The third-order valence-corrected chi connectivity index (χ3v) is 2.85. The van der Waals surface area contributed by atoms with Crippen molar-refractivity contribution in [1.82, 2.24) is 14.5 Å². The number of imidazole rings is 1. The summed E-state index contributed by atoms with van der Waals surface area (Å²) in [6.45, 7) is 6.24. The van der Waals surface area contributed by atoms with E-state index >= 15 is 0 Å². The molecule has 1 aromatic heterocycles. The van der Waals surface area contributed by atoms with E-state index in [1.54, 1.807) is 20.8 Å². The Hall–Kier alpha value is -2.25. The van der Waals surface area contributed by atoms with Gasteiger partial charge in [0.2, 0.25) is 0 Å². The number of nitrogens with two attached hydrogens (primary N) is 1. The van der Waals surface area contributed by atoms with Gasteiger partial charge in [0, 0.05) is 13.1 Å². The number of aromatic carboxylic acids is 1. The van der Waals surface area contributed by atoms with Crippen LogP contribution in [0.4, 0.5) is 10.6 Å². The molecule has 8 nitrogen and oxygen atoms in total. The number of amides is 1. The fraction of sp³-hybridized carbons (Fsp3) is 0.583. The number of carbonyl (C=O) groups excluding carboxylic acids is 1. The zero-order chi connectivity index (χ0) is 15.1. The smallest absolute Gasteiger partial charge is 0.410 e. The van der Waals surface area contributed by atoms with Crippen LogP contribution < -0.4 is 5.73 Å². The Morgan fingerprint density at radius 3 is 2.55 bits per heavy atom. The Labute approximate surface area is 116 Å². The standard InChI is InChI=1S/C12H18N4O4/c1-12(2,3)20-11(19)15-4-5-16-7(6-15)14-9(13)8(16)10(17)18/h4-6,13H2,1-3H3,(H,17,18). The number of ether oxygens (including phenoxy) is 1. The summed E-state index contributed by atoms with van der Waals surface area (Å²) in [6, 6.07) is 0. The van der Waals surface area contributed by atoms with Gasteiger partial charge in [0.1, 0.15) is 11.4 Å². The van der Waals surface area contributed by atoms with Gasteiger partial charge in [-0.15, -0.1) is 0 Å². The predicted molar refractivity (Wildman–Crippen MR) is 70.2 cm³/mol. The Balaban J connectivity index is 2.18. The molecule has 20 heavy (non-hydrogen) atoms. The Morgan fingerprint density at radius 1 is 1.35 bits per heavy atom. The molecule has 110 valence electrons. The van der Waals surface area contributed by atoms with Gasteiger partial charge in [0.25, 0.3) is 0 Å². The van der Waals surface area contributed by atoms with Crippen molar-refractivity contribution in [2.45, 2.75) is 39.5 Å². The third-order valence-electron chi connectivity index (χ3n) is 2.85. The summed E-state index contributed by atoms with van der Waals surface area (Å²) in [5, 5.41) is 9.09. The number of hydrogen-bond acceptors (Lipinski definition) is 5. The van der Waals surface area contributed by atoms with Crippen LogP contribution in [0.5, 0.6) is 0 Å². The maximum atomic E-state index is 12.0. The highest BCUT2D eigenvalue weighted by Crippen LogP contribution is 2.21. The Morgan fingerprint density at radius 2 is 2.00 bits per heavy atom. The highest BCUT2D eigenvalue weighted by atomic mass is 16.6. The topological polar surface area (TPSA) is 111 Å². The summed E-state index contributed by atoms with van der Waals surface area (Å²) >= 11 is 0. The SMILES string of the molecule is CC(C)(C)OC(=O)N1CCn2c(nc(N)c2C(=O)O)C1. The highest BCUT2D eigenvalue weighted by molar-refractivity contribution is 5.91. The molecule has 8 heteroatoms. The molecular formula is C12H18N4O4. The third kappa shape index (κ3) is 2.68. The number of hydrogen-bond donors (Lipinski definition) is 2. The molecule has 0 unspecified atom stereocenters. The molecule has 0 saturated heterocycles. The van der Waals surface area contributed by atoms with Crippen molar-refractivity contribution in [2.24, 2.45) is 0 Å². The minimum Gasteiger partial charge on any atom is -0.476 e. The minimum atomic E-state index is -1.12. The molecule has 2 heterocycles. The summed E-state index contributed by atoms with van der Waals surface area (Å²) in [7, 11) is 0. The molecule has 1 amide bonds. The number of nitrogen functional groups attached to an aromatic ring is 1. The summed E-state index contributed by atoms with van der Waals surface area (Å²) < 4.78 is 6.81. The molecule has 0 saturated carbocycles. The molecule has 3 N–H and O–H groups in total. The van der Waals surface area contributed by atoms with Crippen molar-refractivity contribution < 1.29 is 19.4 Å². The van der Waals surface area contributed by atoms with Crippen LogP contribution in [0.1, 0.15) is 37.1 Å². The van der Waals surface area contributed by atoms with Crippen molar-refractivity contribution in [3.05, 3.63) is 11.5 Å². The molecule has 1 aliphatic rings. The van der Waals surface area contributed by atoms with E-state index in [1.807, 2.05) is 0 Å². The number of aromatic nitrogens is 2. The van der Waals surface area contributed by atoms with E-state index in [0.29, 0.717) is 18.9 Å². The number of fused-ring (bicyclic) bond motifs is 1. The Kier molecular flexibility index (Phi) is 3.33. The van der Waals surface area contributed by atoms with Crippen molar-refractivity contribution in [2.75, 3.05) is 12.3 Å². The summed E-state index contributed by atoms with van der Waals surface area (Å²) in [5.41, 5.74) is 5.00. The number of anilines is 1. The highest BCUT2D eigenvalue weighted by Gasteiger charge is 2.30. The van der Waals surface area contributed by atoms with Crippen molar-refractivity contribution in [3.63, 3.8) is 0 Å². The lowest BCUT2D eigenvalue weighted by Crippen LogP contribution is -2.42. The number of carboxylic acids is 1. The van der Waals surface area contributed by atoms with E-state index in [1.165, 1.54) is 9.47 Å². The normalized spacial score (nSPS) is 14.8. The lowest BCUT2D eigenvalue weighted by Gasteiger charge is -2.30. The molecule has 1 aromatic rings. The van der Waals surface area contributed by atoms with Crippen molar-refractivity contribution in [3.8, 4) is 0 Å². The maximum absolute atomic E-state index is 12.0. The first-order valence-electron chi connectivity index (χ1n) is 6.25. The fourth-order valence-corrected chi connectivity index (χ4v) is 2.06. The molecular weight excluding hydrogens is 264 g/mol. The maximum Gasteiger partial charge on any atom is 0.410 e. The first-order chi connectivity index (χ1) is 9.19. The monoisotopic (exact) mass is 282 g/mol. The van der Waals surface area contributed by atoms with E-state index in [2.05, 4.69) is 4.98 Å². The average molecular weight is 282 g/mol. The second-order valence-corrected chi connectivity index (χ2v) is 5.62. The molecule has 1 aliphatic heterocycles. The van der Waals surface area contributed by atoms with Crippen LogP contribution in [0.3, 0.4) is 0 Å². The van der Waals surface area contributed by atoms with Crippen LogP contribution in [0.25, 0.3) is 0 Å². The number of carboxylic acid groups (broad SMARTS) is 1. The van der Waals surface area contributed by atoms with Crippen LogP contribution >= 0.6 is 0 Å². The average Bonchev–Trinajstić information content (AvgIpc) is 2.61. The van der Waals surface area contributed by atoms with Gasteiger partial charge in [0.05, 0.1) is 6.54 Å². The molecule has 0 aliphatic carbocycles. The number of carbonyl (C=O) groups is 2. The molecule has 0 spiro atoms. The van der Waals surface area contributed by atoms with Crippen molar-refractivity contribution in [1.29, 1.82) is 0 Å². The van der Waals surface area contributed by atoms with E-state index in [0.717, 1.165) is 0 Å². The van der Waals surface area contributed by atoms with Gasteiger partial charge in [0.15, 0.2) is 11.5 Å². The molecule has 0 aromatic carbocycles. The number of rotatable bonds is 1. The molecule has 0 atom stereocenters. The van der Waals surface area contributed by atoms with Gasteiger partial charge in [-0.05, 0) is 20.8 Å². The zero-order valence-corrected chi connectivity index (χ0v) is 11.7. The lowest BCUT2D eigenvalue weighted by molar-refractivity contribution is 0.0194. The predicted octanol–water partition coefficient (Wildman–Crippen LogP) is 0.914. The van der Waals surface area contributed by atoms with E-state index in [9.17, 15) is 9.59 Å². The van der Waals surface area contributed by atoms with Crippen LogP contribution in [0.2, 0.25) is 0 Å². The summed E-state index contributed by atoms with van der Waals surface area (Å²) in [5.74, 6) is -0.692. The molecule has 0 fully saturated rings. The largest absolute Gasteiger partial charge is 0.476 e. The van der Waals surface area contributed by atoms with Gasteiger partial charge >= 0.3 is 12.1 Å². The van der Waals surface area contributed by atoms with Gasteiger partial charge in [-0.2, -0.15) is 0 Å². The molecule has 0 bridgehead atoms. The van der Waals surface area contributed by atoms with Crippen molar-refractivity contribution >= 4 is 17.9 Å². The van der Waals surface area contributed by atoms with E-state index in [-0.39, 0.29) is 18.1 Å². The van der Waals surface area contributed by atoms with E-state index < -0.39 is 17.7 Å². The van der Waals surface area contributed by atoms with Gasteiger partial charge in [-0.3, -0.25) is 4.90 Å². The first kappa shape index (κ1) is 14.2. The second-order valence-electron chi connectivity index (χ2n) is 5.62. The van der Waals surface area contributed by atoms with Crippen LogP contribution in [0.15, 0.2) is 0 Å². The fourth-order valence-electron chi connectivity index (χ4n) is 2.06. The number of nitrogens with zero attached hydrogens (tertiary/aromatic N) is 3. The Bertz CT molecular complexity index is 559. The lowest BCUT2D eigenvalue weighted by atomic mass is 10.2. The van der Waals surface area contributed by atoms with Gasteiger partial charge < -0.3 is 20.1 Å². The zero-order valence-electron chi connectivity index (χ0n) is 11.7. The quantitative estimate of drug-likeness (QED) is 0.792. The van der Waals surface area contributed by atoms with Crippen LogP contribution in [-0.4, -0.2) is 43.8 Å². The second kappa shape index (κ2) is 4.69. The van der Waals surface area contributed by atoms with Crippen LogP contribution in [-0.2, 0) is 17.8 Å².